The van der Waals surface area contributed by atoms with Crippen molar-refractivity contribution in [2.45, 2.75) is 25.8 Å². The van der Waals surface area contributed by atoms with Crippen LogP contribution in [0.5, 0.6) is 0 Å². The molecule has 0 spiro atoms. The highest BCUT2D eigenvalue weighted by Gasteiger charge is 2.27. The molecule has 1 atom stereocenters. The smallest absolute Gasteiger partial charge is 0.293 e. The van der Waals surface area contributed by atoms with Crippen molar-refractivity contribution >= 4 is 17.3 Å². The van der Waals surface area contributed by atoms with Crippen LogP contribution in [0, 0.1) is 10.1 Å². The van der Waals surface area contributed by atoms with E-state index in [1.165, 1.54) is 6.92 Å². The fourth-order valence-corrected chi connectivity index (χ4v) is 2.44. The Morgan fingerprint density at radius 2 is 1.95 bits per heavy atom. The summed E-state index contributed by atoms with van der Waals surface area (Å²) in [4.78, 5) is 23.8. The van der Waals surface area contributed by atoms with Gasteiger partial charge in [0.2, 0.25) is 5.91 Å². The van der Waals surface area contributed by atoms with Gasteiger partial charge in [0.15, 0.2) is 0 Å². The first-order valence-electron chi connectivity index (χ1n) is 6.12. The van der Waals surface area contributed by atoms with E-state index < -0.39 is 4.92 Å². The van der Waals surface area contributed by atoms with Gasteiger partial charge >= 0.3 is 0 Å². The number of nitrogens with one attached hydrogen (secondary N) is 1. The summed E-state index contributed by atoms with van der Waals surface area (Å²) in [5.74, 6) is -0.301. The van der Waals surface area contributed by atoms with Gasteiger partial charge in [-0.2, -0.15) is 0 Å². The molecule has 0 aliphatic heterocycles. The maximum absolute atomic E-state index is 11.1. The van der Waals surface area contributed by atoms with E-state index in [1.54, 1.807) is 12.1 Å². The molecule has 2 rings (SSSR count). The standard InChI is InChI=1S/C13H17N3O3/c1-8(17)14-12-6-9-4-11(15(2)3)5-10(9)7-13(12)16(18)19/h6-7,11H,4-5H2,1-3H3,(H,14,17). The Bertz CT molecular complexity index is 540. The van der Waals surface area contributed by atoms with Crippen molar-refractivity contribution in [3.63, 3.8) is 0 Å². The van der Waals surface area contributed by atoms with Crippen molar-refractivity contribution in [3.8, 4) is 0 Å². The fourth-order valence-electron chi connectivity index (χ4n) is 2.44. The highest BCUT2D eigenvalue weighted by Crippen LogP contribution is 2.34. The fraction of sp³-hybridized carbons (Fsp3) is 0.462. The summed E-state index contributed by atoms with van der Waals surface area (Å²) in [7, 11) is 4.00. The van der Waals surface area contributed by atoms with E-state index in [9.17, 15) is 14.9 Å². The predicted octanol–water partition coefficient (Wildman–Crippen LogP) is 1.58. The number of carbonyl (C=O) groups excluding carboxylic acids is 1. The molecule has 102 valence electrons. The lowest BCUT2D eigenvalue weighted by atomic mass is 10.1. The van der Waals surface area contributed by atoms with Gasteiger partial charge in [0.05, 0.1) is 4.92 Å². The maximum atomic E-state index is 11.1. The Labute approximate surface area is 111 Å². The molecule has 6 nitrogen and oxygen atoms in total. The maximum Gasteiger partial charge on any atom is 0.293 e. The number of amides is 1. The third-order valence-electron chi connectivity index (χ3n) is 3.47. The lowest BCUT2D eigenvalue weighted by molar-refractivity contribution is -0.384. The highest BCUT2D eigenvalue weighted by molar-refractivity contribution is 5.91. The summed E-state index contributed by atoms with van der Waals surface area (Å²) in [6.45, 7) is 1.35. The van der Waals surface area contributed by atoms with E-state index in [2.05, 4.69) is 10.2 Å². The summed E-state index contributed by atoms with van der Waals surface area (Å²) in [5, 5.41) is 13.6. The van der Waals surface area contributed by atoms with Gasteiger partial charge in [0.25, 0.3) is 5.69 Å². The van der Waals surface area contributed by atoms with Crippen LogP contribution >= 0.6 is 0 Å². The summed E-state index contributed by atoms with van der Waals surface area (Å²) in [5.41, 5.74) is 2.33. The first-order valence-corrected chi connectivity index (χ1v) is 6.12. The number of nitrogens with zero attached hydrogens (tertiary/aromatic N) is 2. The third kappa shape index (κ3) is 2.73. The summed E-state index contributed by atoms with van der Waals surface area (Å²) in [6.07, 6.45) is 1.66. The van der Waals surface area contributed by atoms with E-state index in [1.807, 2.05) is 14.1 Å². The topological polar surface area (TPSA) is 75.5 Å². The molecule has 0 heterocycles. The SMILES string of the molecule is CC(=O)Nc1cc2c(cc1[N+](=O)[O-])CC(N(C)C)C2. The van der Waals surface area contributed by atoms with Crippen LogP contribution in [-0.4, -0.2) is 35.9 Å². The van der Waals surface area contributed by atoms with Crippen molar-refractivity contribution in [3.05, 3.63) is 33.4 Å². The van der Waals surface area contributed by atoms with Gasteiger partial charge in [-0.1, -0.05) is 0 Å². The molecule has 1 amide bonds. The van der Waals surface area contributed by atoms with Gasteiger partial charge in [0, 0.05) is 19.0 Å². The third-order valence-corrected chi connectivity index (χ3v) is 3.47. The van der Waals surface area contributed by atoms with Gasteiger partial charge in [-0.3, -0.25) is 14.9 Å². The summed E-state index contributed by atoms with van der Waals surface area (Å²) in [6, 6.07) is 3.69. The number of anilines is 1. The second-order valence-corrected chi connectivity index (χ2v) is 5.10. The normalized spacial score (nSPS) is 17.4. The molecular formula is C13H17N3O3. The average Bonchev–Trinajstić information content (AvgIpc) is 2.69. The number of hydrogen-bond donors (Lipinski definition) is 1. The Kier molecular flexibility index (Phi) is 3.53. The lowest BCUT2D eigenvalue weighted by Crippen LogP contribution is -2.27. The quantitative estimate of drug-likeness (QED) is 0.663. The van der Waals surface area contributed by atoms with Gasteiger partial charge in [0.1, 0.15) is 5.69 Å². The molecule has 1 N–H and O–H groups in total. The second kappa shape index (κ2) is 4.97. The molecule has 0 radical (unpaired) electrons. The second-order valence-electron chi connectivity index (χ2n) is 5.10. The summed E-state index contributed by atoms with van der Waals surface area (Å²) < 4.78 is 0. The molecule has 1 aromatic rings. The minimum Gasteiger partial charge on any atom is -0.321 e. The molecular weight excluding hydrogens is 246 g/mol. The number of rotatable bonds is 3. The molecule has 19 heavy (non-hydrogen) atoms. The predicted molar refractivity (Wildman–Crippen MR) is 72.3 cm³/mol. The number of fused-ring (bicyclic) bond motifs is 1. The van der Waals surface area contributed by atoms with Crippen LogP contribution in [0.25, 0.3) is 0 Å². The molecule has 1 aliphatic carbocycles. The number of hydrogen-bond acceptors (Lipinski definition) is 4. The van der Waals surface area contributed by atoms with Crippen LogP contribution in [0.4, 0.5) is 11.4 Å². The number of benzene rings is 1. The molecule has 0 fully saturated rings. The van der Waals surface area contributed by atoms with Crippen molar-refractivity contribution in [2.75, 3.05) is 19.4 Å². The minimum absolute atomic E-state index is 0.0339. The molecule has 6 heteroatoms. The largest absolute Gasteiger partial charge is 0.321 e. The van der Waals surface area contributed by atoms with Crippen LogP contribution in [-0.2, 0) is 17.6 Å². The number of nitro groups is 1. The van der Waals surface area contributed by atoms with Crippen LogP contribution < -0.4 is 5.32 Å². The monoisotopic (exact) mass is 263 g/mol. The number of nitro benzene ring substituents is 1. The van der Waals surface area contributed by atoms with Crippen molar-refractivity contribution < 1.29 is 9.72 Å². The van der Waals surface area contributed by atoms with Crippen molar-refractivity contribution in [1.29, 1.82) is 0 Å². The molecule has 0 saturated carbocycles. The zero-order chi connectivity index (χ0) is 14.2. The van der Waals surface area contributed by atoms with Crippen LogP contribution in [0.2, 0.25) is 0 Å². The average molecular weight is 263 g/mol. The zero-order valence-corrected chi connectivity index (χ0v) is 11.3. The first kappa shape index (κ1) is 13.5. The highest BCUT2D eigenvalue weighted by atomic mass is 16.6. The Balaban J connectivity index is 2.40. The van der Waals surface area contributed by atoms with Crippen LogP contribution in [0.3, 0.4) is 0 Å². The van der Waals surface area contributed by atoms with Gasteiger partial charge < -0.3 is 10.2 Å². The first-order chi connectivity index (χ1) is 8.88. The Morgan fingerprint density at radius 1 is 1.37 bits per heavy atom. The molecule has 1 unspecified atom stereocenters. The molecule has 0 aromatic heterocycles. The van der Waals surface area contributed by atoms with Gasteiger partial charge in [-0.15, -0.1) is 0 Å². The molecule has 0 bridgehead atoms. The van der Waals surface area contributed by atoms with E-state index >= 15 is 0 Å². The lowest BCUT2D eigenvalue weighted by Gasteiger charge is -2.17. The van der Waals surface area contributed by atoms with Crippen molar-refractivity contribution in [1.82, 2.24) is 4.90 Å². The van der Waals surface area contributed by atoms with E-state index in [0.717, 1.165) is 24.0 Å². The van der Waals surface area contributed by atoms with E-state index in [4.69, 9.17) is 0 Å². The number of carbonyl (C=O) groups is 1. The molecule has 1 aromatic carbocycles. The van der Waals surface area contributed by atoms with Crippen LogP contribution in [0.1, 0.15) is 18.1 Å². The molecule has 0 saturated heterocycles. The van der Waals surface area contributed by atoms with E-state index in [0.29, 0.717) is 6.04 Å². The van der Waals surface area contributed by atoms with Gasteiger partial charge in [-0.25, -0.2) is 0 Å². The van der Waals surface area contributed by atoms with E-state index in [-0.39, 0.29) is 17.3 Å². The number of likely N-dealkylation sites (N-methyl/N-ethyl adjacent to an activating group) is 1. The van der Waals surface area contributed by atoms with Gasteiger partial charge in [-0.05, 0) is 44.1 Å². The Morgan fingerprint density at radius 3 is 2.42 bits per heavy atom. The minimum atomic E-state index is -0.450. The molecule has 1 aliphatic rings. The zero-order valence-electron chi connectivity index (χ0n) is 11.3. The van der Waals surface area contributed by atoms with Crippen LogP contribution in [0.15, 0.2) is 12.1 Å². The summed E-state index contributed by atoms with van der Waals surface area (Å²) >= 11 is 0. The Hall–Kier alpha value is -1.95. The van der Waals surface area contributed by atoms with Crippen molar-refractivity contribution in [2.24, 2.45) is 0 Å².